The standard InChI is InChI=1S/C42H57N5O5/c1-28(2)38-44-35(26-51-38)31-13-21-43-37(24-31)47(27-41-15-18-42(19-16-41,20-17-41)32-9-12-36(50-6)29(3)23-32)39(48)30-7-10-34(11-8-30)52-40(49)46-22-14-33(25-46)45(4)5/h9,12-13,21,23-24,26,28,30,33-34H,7-8,10-11,14-20,22,25,27H2,1-6H3. The van der Waals surface area contributed by atoms with Crippen molar-refractivity contribution in [2.24, 2.45) is 11.3 Å². The summed E-state index contributed by atoms with van der Waals surface area (Å²) < 4.78 is 17.3. The topological polar surface area (TPSA) is 101 Å². The molecular formula is C42H57N5O5. The number of amides is 2. The van der Waals surface area contributed by atoms with Gasteiger partial charge in [0, 0.05) is 49.3 Å². The van der Waals surface area contributed by atoms with Gasteiger partial charge in [0.2, 0.25) is 5.91 Å². The van der Waals surface area contributed by atoms with Crippen LogP contribution in [0.25, 0.3) is 11.3 Å². The molecule has 0 radical (unpaired) electrons. The van der Waals surface area contributed by atoms with E-state index in [0.717, 1.165) is 68.5 Å². The summed E-state index contributed by atoms with van der Waals surface area (Å²) in [5.74, 6) is 2.48. The van der Waals surface area contributed by atoms with Crippen LogP contribution in [-0.4, -0.2) is 84.8 Å². The van der Waals surface area contributed by atoms with Gasteiger partial charge in [-0.25, -0.2) is 14.8 Å². The van der Waals surface area contributed by atoms with E-state index >= 15 is 0 Å². The quantitative estimate of drug-likeness (QED) is 0.208. The number of anilines is 1. The third-order valence-corrected chi connectivity index (χ3v) is 12.9. The van der Waals surface area contributed by atoms with Gasteiger partial charge in [0.05, 0.1) is 7.11 Å². The molecule has 2 aromatic heterocycles. The number of ether oxygens (including phenoxy) is 2. The Morgan fingerprint density at radius 3 is 2.35 bits per heavy atom. The molecule has 1 atom stereocenters. The number of pyridine rings is 1. The van der Waals surface area contributed by atoms with Gasteiger partial charge in [-0.2, -0.15) is 0 Å². The third kappa shape index (κ3) is 7.32. The highest BCUT2D eigenvalue weighted by atomic mass is 16.6. The number of likely N-dealkylation sites (N-methyl/N-ethyl adjacent to an activating group) is 1. The van der Waals surface area contributed by atoms with Crippen LogP contribution in [0.2, 0.25) is 0 Å². The first-order chi connectivity index (χ1) is 25.0. The molecule has 1 aliphatic heterocycles. The van der Waals surface area contributed by atoms with E-state index in [-0.39, 0.29) is 40.8 Å². The molecule has 0 spiro atoms. The summed E-state index contributed by atoms with van der Waals surface area (Å²) in [4.78, 5) is 43.3. The van der Waals surface area contributed by atoms with Crippen LogP contribution in [-0.2, 0) is 14.9 Å². The number of carbonyl (C=O) groups excluding carboxylic acids is 2. The molecule has 52 heavy (non-hydrogen) atoms. The molecule has 10 nitrogen and oxygen atoms in total. The fourth-order valence-electron chi connectivity index (χ4n) is 9.35. The predicted molar refractivity (Wildman–Crippen MR) is 202 cm³/mol. The number of carbonyl (C=O) groups is 2. The van der Waals surface area contributed by atoms with E-state index in [9.17, 15) is 9.59 Å². The van der Waals surface area contributed by atoms with Crippen LogP contribution in [0.1, 0.15) is 107 Å². The maximum Gasteiger partial charge on any atom is 0.410 e. The highest BCUT2D eigenvalue weighted by molar-refractivity contribution is 5.95. The fraction of sp³-hybridized carbons (Fsp3) is 0.619. The lowest BCUT2D eigenvalue weighted by molar-refractivity contribution is -0.124. The SMILES string of the molecule is COc1ccc(C23CCC(CN(C(=O)C4CCC(OC(=O)N5CCC(N(C)C)C5)CC4)c4cc(-c5coc(C(C)C)n5)ccn4)(CC2)CC3)cc1C. The summed E-state index contributed by atoms with van der Waals surface area (Å²) in [7, 11) is 5.85. The van der Waals surface area contributed by atoms with Crippen LogP contribution in [0, 0.1) is 18.3 Å². The fourth-order valence-corrected chi connectivity index (χ4v) is 9.35. The van der Waals surface area contributed by atoms with E-state index in [1.165, 1.54) is 11.1 Å². The van der Waals surface area contributed by atoms with Crippen LogP contribution in [0.3, 0.4) is 0 Å². The van der Waals surface area contributed by atoms with E-state index in [0.29, 0.717) is 56.5 Å². The molecule has 3 aromatic rings. The number of aryl methyl sites for hydroxylation is 1. The maximum absolute atomic E-state index is 14.7. The molecule has 5 fully saturated rings. The molecule has 1 saturated heterocycles. The molecule has 4 aliphatic carbocycles. The number of fused-ring (bicyclic) bond motifs is 3. The normalized spacial score (nSPS) is 27.3. The van der Waals surface area contributed by atoms with Crippen molar-refractivity contribution in [3.8, 4) is 17.0 Å². The van der Waals surface area contributed by atoms with Gasteiger partial charge in [-0.3, -0.25) is 9.69 Å². The Kier molecular flexibility index (Phi) is 10.4. The Morgan fingerprint density at radius 1 is 1.00 bits per heavy atom. The van der Waals surface area contributed by atoms with Crippen molar-refractivity contribution >= 4 is 17.8 Å². The molecule has 8 rings (SSSR count). The number of nitrogens with zero attached hydrogens (tertiary/aromatic N) is 5. The molecule has 10 heteroatoms. The summed E-state index contributed by atoms with van der Waals surface area (Å²) >= 11 is 0. The Bertz CT molecular complexity index is 1720. The number of hydrogen-bond donors (Lipinski definition) is 0. The van der Waals surface area contributed by atoms with E-state index < -0.39 is 0 Å². The molecule has 3 heterocycles. The predicted octanol–water partition coefficient (Wildman–Crippen LogP) is 8.13. The molecule has 5 aliphatic rings. The van der Waals surface area contributed by atoms with E-state index in [1.807, 2.05) is 21.9 Å². The van der Waals surface area contributed by atoms with Crippen molar-refractivity contribution in [3.63, 3.8) is 0 Å². The van der Waals surface area contributed by atoms with Crippen molar-refractivity contribution in [2.45, 2.75) is 115 Å². The van der Waals surface area contributed by atoms with Crippen molar-refractivity contribution in [1.82, 2.24) is 19.8 Å². The van der Waals surface area contributed by atoms with Crippen LogP contribution in [0.4, 0.5) is 10.6 Å². The summed E-state index contributed by atoms with van der Waals surface area (Å²) in [6.07, 6.45) is 13.5. The van der Waals surface area contributed by atoms with Crippen LogP contribution >= 0.6 is 0 Å². The van der Waals surface area contributed by atoms with E-state index in [1.54, 1.807) is 19.6 Å². The number of oxazole rings is 1. The van der Waals surface area contributed by atoms with E-state index in [4.69, 9.17) is 23.9 Å². The second kappa shape index (κ2) is 14.8. The minimum absolute atomic E-state index is 0.0438. The molecule has 1 aromatic carbocycles. The van der Waals surface area contributed by atoms with Crippen molar-refractivity contribution in [1.29, 1.82) is 0 Å². The lowest BCUT2D eigenvalue weighted by atomic mass is 9.51. The molecule has 1 unspecified atom stereocenters. The van der Waals surface area contributed by atoms with Gasteiger partial charge < -0.3 is 23.7 Å². The van der Waals surface area contributed by atoms with Crippen LogP contribution in [0.5, 0.6) is 5.75 Å². The van der Waals surface area contributed by atoms with Gasteiger partial charge in [-0.15, -0.1) is 0 Å². The summed E-state index contributed by atoms with van der Waals surface area (Å²) in [5.41, 5.74) is 4.49. The number of methoxy groups -OCH3 is 1. The number of rotatable bonds is 10. The van der Waals surface area contributed by atoms with Gasteiger partial charge in [0.15, 0.2) is 5.89 Å². The average molecular weight is 712 g/mol. The highest BCUT2D eigenvalue weighted by Crippen LogP contribution is 2.58. The van der Waals surface area contributed by atoms with Crippen LogP contribution in [0.15, 0.2) is 47.2 Å². The average Bonchev–Trinajstić information content (AvgIpc) is 3.87. The second-order valence-electron chi connectivity index (χ2n) is 16.7. The maximum atomic E-state index is 14.7. The number of likely N-dealkylation sites (tertiary alicyclic amines) is 1. The first kappa shape index (κ1) is 36.4. The van der Waals surface area contributed by atoms with Crippen molar-refractivity contribution in [2.75, 3.05) is 45.7 Å². The van der Waals surface area contributed by atoms with Crippen LogP contribution < -0.4 is 9.64 Å². The first-order valence-corrected chi connectivity index (χ1v) is 19.5. The number of benzene rings is 1. The zero-order chi connectivity index (χ0) is 36.6. The summed E-state index contributed by atoms with van der Waals surface area (Å²) in [6, 6.07) is 11.0. The minimum atomic E-state index is -0.218. The van der Waals surface area contributed by atoms with Gasteiger partial charge in [-0.1, -0.05) is 26.0 Å². The largest absolute Gasteiger partial charge is 0.496 e. The number of aromatic nitrogens is 2. The van der Waals surface area contributed by atoms with Gasteiger partial charge in [0.1, 0.15) is 29.6 Å². The Labute approximate surface area is 309 Å². The zero-order valence-corrected chi connectivity index (χ0v) is 32.0. The molecule has 280 valence electrons. The van der Waals surface area contributed by atoms with Gasteiger partial charge in [0.25, 0.3) is 0 Å². The highest BCUT2D eigenvalue weighted by Gasteiger charge is 2.51. The van der Waals surface area contributed by atoms with E-state index in [2.05, 4.69) is 58.0 Å². The molecule has 4 saturated carbocycles. The lowest BCUT2D eigenvalue weighted by Crippen LogP contribution is -2.52. The second-order valence-corrected chi connectivity index (χ2v) is 16.7. The van der Waals surface area contributed by atoms with Crippen molar-refractivity contribution < 1.29 is 23.5 Å². The minimum Gasteiger partial charge on any atom is -0.496 e. The summed E-state index contributed by atoms with van der Waals surface area (Å²) in [6.45, 7) is 8.35. The van der Waals surface area contributed by atoms with Crippen molar-refractivity contribution in [3.05, 3.63) is 59.8 Å². The Hall–Kier alpha value is -3.92. The lowest BCUT2D eigenvalue weighted by Gasteiger charge is -2.55. The Balaban J connectivity index is 1.07. The third-order valence-electron chi connectivity index (χ3n) is 12.9. The van der Waals surface area contributed by atoms with Gasteiger partial charge in [-0.05, 0) is 132 Å². The zero-order valence-electron chi connectivity index (χ0n) is 32.0. The first-order valence-electron chi connectivity index (χ1n) is 19.5. The molecule has 2 amide bonds. The monoisotopic (exact) mass is 711 g/mol. The number of hydrogen-bond acceptors (Lipinski definition) is 8. The smallest absolute Gasteiger partial charge is 0.410 e. The molecular weight excluding hydrogens is 654 g/mol. The Morgan fingerprint density at radius 2 is 1.73 bits per heavy atom. The summed E-state index contributed by atoms with van der Waals surface area (Å²) in [5, 5.41) is 0. The molecule has 2 bridgehead atoms. The molecule has 0 N–H and O–H groups in total. The van der Waals surface area contributed by atoms with Gasteiger partial charge >= 0.3 is 6.09 Å².